The van der Waals surface area contributed by atoms with Gasteiger partial charge >= 0.3 is 5.97 Å². The van der Waals surface area contributed by atoms with Gasteiger partial charge < -0.3 is 4.74 Å². The molecule has 0 bridgehead atoms. The molecule has 0 saturated heterocycles. The van der Waals surface area contributed by atoms with Crippen LogP contribution in [-0.4, -0.2) is 5.97 Å². The summed E-state index contributed by atoms with van der Waals surface area (Å²) >= 11 is 0. The van der Waals surface area contributed by atoms with E-state index in [2.05, 4.69) is 6.08 Å². The molecule has 0 atom stereocenters. The molecule has 0 spiro atoms. The Kier molecular flexibility index (Phi) is 3.21. The molecule has 3 rings (SSSR count). The number of ether oxygens (including phenoxy) is 1. The molecule has 0 radical (unpaired) electrons. The Morgan fingerprint density at radius 3 is 2.30 bits per heavy atom. The van der Waals surface area contributed by atoms with Crippen LogP contribution in [0, 0.1) is 0 Å². The summed E-state index contributed by atoms with van der Waals surface area (Å²) in [4.78, 5) is 11.2. The van der Waals surface area contributed by atoms with E-state index in [1.54, 1.807) is 0 Å². The lowest BCUT2D eigenvalue weighted by Crippen LogP contribution is -1.96. The number of allylic oxidation sites excluding steroid dienone is 2. The van der Waals surface area contributed by atoms with Crippen molar-refractivity contribution in [2.75, 3.05) is 0 Å². The summed E-state index contributed by atoms with van der Waals surface area (Å²) < 4.78 is 5.29. The zero-order valence-electron chi connectivity index (χ0n) is 11.2. The summed E-state index contributed by atoms with van der Waals surface area (Å²) in [6.07, 6.45) is 4.01. The minimum atomic E-state index is -0.299. The van der Waals surface area contributed by atoms with Crippen molar-refractivity contribution < 1.29 is 9.53 Å². The molecule has 0 fully saturated rings. The van der Waals surface area contributed by atoms with Crippen molar-refractivity contribution in [2.24, 2.45) is 0 Å². The number of esters is 1. The van der Waals surface area contributed by atoms with Gasteiger partial charge in [0.15, 0.2) is 0 Å². The fourth-order valence-corrected chi connectivity index (χ4v) is 2.33. The summed E-state index contributed by atoms with van der Waals surface area (Å²) in [7, 11) is 0. The lowest BCUT2D eigenvalue weighted by atomic mass is 10.0. The monoisotopic (exact) mass is 262 g/mol. The van der Waals surface area contributed by atoms with E-state index in [0.29, 0.717) is 5.76 Å². The maximum Gasteiger partial charge on any atom is 0.308 e. The molecule has 1 aliphatic carbocycles. The van der Waals surface area contributed by atoms with Crippen LogP contribution < -0.4 is 0 Å². The largest absolute Gasteiger partial charge is 0.426 e. The van der Waals surface area contributed by atoms with Crippen molar-refractivity contribution in [3.8, 4) is 0 Å². The molecule has 0 amide bonds. The second kappa shape index (κ2) is 5.17. The van der Waals surface area contributed by atoms with Gasteiger partial charge in [-0.15, -0.1) is 0 Å². The first kappa shape index (κ1) is 12.4. The molecule has 0 heterocycles. The van der Waals surface area contributed by atoms with Crippen LogP contribution in [0.3, 0.4) is 0 Å². The van der Waals surface area contributed by atoms with Gasteiger partial charge in [-0.2, -0.15) is 0 Å². The minimum absolute atomic E-state index is 0.299. The van der Waals surface area contributed by atoms with E-state index in [9.17, 15) is 4.79 Å². The summed E-state index contributed by atoms with van der Waals surface area (Å²) in [5, 5.41) is 0. The fourth-order valence-electron chi connectivity index (χ4n) is 2.33. The van der Waals surface area contributed by atoms with E-state index in [0.717, 1.165) is 22.3 Å². The maximum atomic E-state index is 11.2. The Morgan fingerprint density at radius 2 is 1.60 bits per heavy atom. The maximum absolute atomic E-state index is 11.2. The topological polar surface area (TPSA) is 26.3 Å². The highest BCUT2D eigenvalue weighted by Gasteiger charge is 2.20. The van der Waals surface area contributed by atoms with Gasteiger partial charge in [-0.3, -0.25) is 4.79 Å². The average Bonchev–Trinajstić information content (AvgIpc) is 2.78. The van der Waals surface area contributed by atoms with Crippen molar-refractivity contribution in [1.29, 1.82) is 0 Å². The van der Waals surface area contributed by atoms with Crippen LogP contribution in [0.5, 0.6) is 0 Å². The van der Waals surface area contributed by atoms with Gasteiger partial charge in [0.25, 0.3) is 0 Å². The Hall–Kier alpha value is -2.61. The number of hydrogen-bond donors (Lipinski definition) is 0. The molecule has 2 aromatic rings. The molecule has 2 nitrogen and oxygen atoms in total. The zero-order chi connectivity index (χ0) is 13.9. The molecule has 2 aromatic carbocycles. The lowest BCUT2D eigenvalue weighted by molar-refractivity contribution is -0.134. The number of fused-ring (bicyclic) bond motifs is 1. The predicted octanol–water partition coefficient (Wildman–Crippen LogP) is 4.14. The van der Waals surface area contributed by atoms with Gasteiger partial charge in [0.1, 0.15) is 5.76 Å². The highest BCUT2D eigenvalue weighted by atomic mass is 16.5. The molecule has 0 saturated carbocycles. The highest BCUT2D eigenvalue weighted by molar-refractivity contribution is 6.01. The van der Waals surface area contributed by atoms with Gasteiger partial charge in [0.2, 0.25) is 0 Å². The van der Waals surface area contributed by atoms with Crippen LogP contribution in [-0.2, 0) is 9.53 Å². The van der Waals surface area contributed by atoms with Crippen molar-refractivity contribution in [2.45, 2.75) is 6.92 Å². The first-order valence-corrected chi connectivity index (χ1v) is 6.51. The number of hydrogen-bond acceptors (Lipinski definition) is 2. The van der Waals surface area contributed by atoms with Crippen LogP contribution in [0.15, 0.2) is 60.7 Å². The third-order valence-electron chi connectivity index (χ3n) is 3.17. The van der Waals surface area contributed by atoms with E-state index in [1.165, 1.54) is 6.92 Å². The summed E-state index contributed by atoms with van der Waals surface area (Å²) in [5.74, 6) is 0.322. The second-order valence-electron chi connectivity index (χ2n) is 4.66. The minimum Gasteiger partial charge on any atom is -0.426 e. The van der Waals surface area contributed by atoms with E-state index < -0.39 is 0 Å². The smallest absolute Gasteiger partial charge is 0.308 e. The zero-order valence-corrected chi connectivity index (χ0v) is 11.2. The predicted molar refractivity (Wildman–Crippen MR) is 80.5 cm³/mol. The molecule has 98 valence electrons. The molecular formula is C18H14O2. The lowest BCUT2D eigenvalue weighted by Gasteiger charge is -2.04. The first-order chi connectivity index (χ1) is 9.74. The summed E-state index contributed by atoms with van der Waals surface area (Å²) in [6, 6.07) is 18.0. The van der Waals surface area contributed by atoms with Gasteiger partial charge in [0, 0.05) is 12.5 Å². The second-order valence-corrected chi connectivity index (χ2v) is 4.66. The molecule has 2 heteroatoms. The Bertz CT molecular complexity index is 709. The summed E-state index contributed by atoms with van der Waals surface area (Å²) in [5.41, 5.74) is 4.23. The third kappa shape index (κ3) is 2.41. The average molecular weight is 262 g/mol. The van der Waals surface area contributed by atoms with Crippen molar-refractivity contribution in [3.63, 3.8) is 0 Å². The molecule has 1 aliphatic rings. The Labute approximate surface area is 118 Å². The number of benzene rings is 2. The van der Waals surface area contributed by atoms with Gasteiger partial charge in [-0.05, 0) is 28.9 Å². The normalized spacial score (nSPS) is 14.8. The standard InChI is InChI=1S/C18H14O2/c1-13(19)20-18-12-15(11-14-7-3-2-4-8-14)16-9-5-6-10-17(16)18/h2-12H,1H3. The van der Waals surface area contributed by atoms with E-state index in [1.807, 2.05) is 60.7 Å². The number of carbonyl (C=O) groups is 1. The van der Waals surface area contributed by atoms with Crippen LogP contribution in [0.4, 0.5) is 0 Å². The Morgan fingerprint density at radius 1 is 0.950 bits per heavy atom. The van der Waals surface area contributed by atoms with Crippen molar-refractivity contribution in [3.05, 3.63) is 77.4 Å². The molecular weight excluding hydrogens is 248 g/mol. The Balaban J connectivity index is 2.06. The van der Waals surface area contributed by atoms with Crippen LogP contribution in [0.25, 0.3) is 17.4 Å². The van der Waals surface area contributed by atoms with Crippen molar-refractivity contribution in [1.82, 2.24) is 0 Å². The number of carbonyl (C=O) groups excluding carboxylic acids is 1. The van der Waals surface area contributed by atoms with Crippen LogP contribution in [0.2, 0.25) is 0 Å². The fraction of sp³-hybridized carbons (Fsp3) is 0.0556. The number of rotatable bonds is 2. The quantitative estimate of drug-likeness (QED) is 0.760. The van der Waals surface area contributed by atoms with E-state index in [4.69, 9.17) is 4.74 Å². The van der Waals surface area contributed by atoms with Gasteiger partial charge in [-0.25, -0.2) is 0 Å². The van der Waals surface area contributed by atoms with Crippen LogP contribution in [0.1, 0.15) is 23.6 Å². The third-order valence-corrected chi connectivity index (χ3v) is 3.17. The van der Waals surface area contributed by atoms with Gasteiger partial charge in [-0.1, -0.05) is 54.6 Å². The first-order valence-electron chi connectivity index (χ1n) is 6.51. The van der Waals surface area contributed by atoms with E-state index >= 15 is 0 Å². The SMILES string of the molecule is CC(=O)OC1=CC(=Cc2ccccc2)c2ccccc21. The van der Waals surface area contributed by atoms with E-state index in [-0.39, 0.29) is 5.97 Å². The molecule has 20 heavy (non-hydrogen) atoms. The molecule has 0 aromatic heterocycles. The van der Waals surface area contributed by atoms with Gasteiger partial charge in [0.05, 0.1) is 0 Å². The highest BCUT2D eigenvalue weighted by Crippen LogP contribution is 2.36. The molecule has 0 unspecified atom stereocenters. The van der Waals surface area contributed by atoms with Crippen LogP contribution >= 0.6 is 0 Å². The van der Waals surface area contributed by atoms with Crippen molar-refractivity contribution >= 4 is 23.4 Å². The molecule has 0 aliphatic heterocycles. The molecule has 0 N–H and O–H groups in total. The summed E-state index contributed by atoms with van der Waals surface area (Å²) in [6.45, 7) is 1.42.